The number of nitrogens with one attached hydrogen (secondary N) is 2. The lowest BCUT2D eigenvalue weighted by Gasteiger charge is -2.27. The van der Waals surface area contributed by atoms with Crippen LogP contribution in [0, 0.1) is 13.8 Å². The van der Waals surface area contributed by atoms with Gasteiger partial charge in [-0.15, -0.1) is 0 Å². The molecule has 1 fully saturated rings. The molecule has 0 atom stereocenters. The maximum absolute atomic E-state index is 13.1. The van der Waals surface area contributed by atoms with Gasteiger partial charge in [0.2, 0.25) is 0 Å². The summed E-state index contributed by atoms with van der Waals surface area (Å²) < 4.78 is 11.9. The van der Waals surface area contributed by atoms with Crippen LogP contribution >= 0.6 is 0 Å². The largest absolute Gasteiger partial charge is 0.492 e. The Balaban J connectivity index is 1.54. The van der Waals surface area contributed by atoms with Gasteiger partial charge in [-0.2, -0.15) is 0 Å². The summed E-state index contributed by atoms with van der Waals surface area (Å²) in [7, 11) is 2.66. The zero-order chi connectivity index (χ0) is 25.8. The second-order valence-electron chi connectivity index (χ2n) is 9.99. The number of hydrazine groups is 1. The molecule has 7 nitrogen and oxygen atoms in total. The third-order valence-corrected chi connectivity index (χ3v) is 7.45. The minimum absolute atomic E-state index is 0.165. The lowest BCUT2D eigenvalue weighted by Crippen LogP contribution is -2.33. The van der Waals surface area contributed by atoms with Crippen LogP contribution in [0.1, 0.15) is 51.4 Å². The number of rotatable bonds is 6. The molecule has 2 heterocycles. The predicted molar refractivity (Wildman–Crippen MR) is 147 cm³/mol. The van der Waals surface area contributed by atoms with Crippen molar-refractivity contribution in [1.29, 1.82) is 0 Å². The number of carbonyl (C=O) groups excluding carboxylic acids is 1. The summed E-state index contributed by atoms with van der Waals surface area (Å²) in [5, 5.41) is 15.9. The normalized spacial score (nSPS) is 14.8. The Labute approximate surface area is 216 Å². The molecule has 2 aliphatic rings. The number of hydrogen-bond donors (Lipinski definition) is 3. The Morgan fingerprint density at radius 1 is 1.08 bits per heavy atom. The quantitative estimate of drug-likeness (QED) is 0.271. The van der Waals surface area contributed by atoms with Gasteiger partial charge in [-0.25, -0.2) is 5.43 Å². The summed E-state index contributed by atoms with van der Waals surface area (Å²) in [5.41, 5.74) is 12.5. The fraction of sp³-hybridized carbons (Fsp3) is 0.276. The van der Waals surface area contributed by atoms with E-state index in [-0.39, 0.29) is 5.91 Å². The van der Waals surface area contributed by atoms with E-state index in [0.717, 1.165) is 57.3 Å². The van der Waals surface area contributed by atoms with Crippen LogP contribution in [-0.2, 0) is 11.3 Å². The van der Waals surface area contributed by atoms with Crippen molar-refractivity contribution in [3.63, 3.8) is 0 Å². The van der Waals surface area contributed by atoms with Gasteiger partial charge in [-0.1, -0.05) is 29.8 Å². The first-order valence-corrected chi connectivity index (χ1v) is 12.7. The van der Waals surface area contributed by atoms with Crippen LogP contribution in [-0.4, -0.2) is 32.1 Å². The number of anilines is 2. The van der Waals surface area contributed by atoms with E-state index in [4.69, 9.17) is 9.07 Å². The van der Waals surface area contributed by atoms with Gasteiger partial charge in [0, 0.05) is 31.1 Å². The maximum Gasteiger partial charge on any atom is 0.492 e. The molecule has 0 saturated heterocycles. The van der Waals surface area contributed by atoms with E-state index in [1.54, 1.807) is 7.05 Å². The topological polar surface area (TPSA) is 87.0 Å². The van der Waals surface area contributed by atoms with E-state index in [1.807, 2.05) is 51.2 Å². The monoisotopic (exact) mass is 495 g/mol. The molecule has 6 rings (SSSR count). The second-order valence-corrected chi connectivity index (χ2v) is 9.99. The lowest BCUT2D eigenvalue weighted by atomic mass is 9.76. The fourth-order valence-corrected chi connectivity index (χ4v) is 5.42. The molecule has 1 aliphatic carbocycles. The summed E-state index contributed by atoms with van der Waals surface area (Å²) in [6.07, 6.45) is 2.22. The van der Waals surface area contributed by atoms with Gasteiger partial charge in [0.1, 0.15) is 11.3 Å². The average Bonchev–Trinajstić information content (AvgIpc) is 3.57. The zero-order valence-electron chi connectivity index (χ0n) is 21.5. The first kappa shape index (κ1) is 23.8. The average molecular weight is 495 g/mol. The Morgan fingerprint density at radius 3 is 2.51 bits per heavy atom. The van der Waals surface area contributed by atoms with Crippen molar-refractivity contribution < 1.29 is 18.9 Å². The molecule has 3 N–H and O–H groups in total. The summed E-state index contributed by atoms with van der Waals surface area (Å²) >= 11 is 0. The van der Waals surface area contributed by atoms with E-state index in [9.17, 15) is 9.82 Å². The molecule has 4 aromatic rings. The maximum atomic E-state index is 13.1. The van der Waals surface area contributed by atoms with E-state index < -0.39 is 7.12 Å². The second kappa shape index (κ2) is 9.06. The molecule has 188 valence electrons. The van der Waals surface area contributed by atoms with Crippen molar-refractivity contribution in [1.82, 2.24) is 10.7 Å². The van der Waals surface area contributed by atoms with Crippen molar-refractivity contribution in [2.45, 2.75) is 39.2 Å². The number of hydrogen-bond acceptors (Lipinski definition) is 6. The summed E-state index contributed by atoms with van der Waals surface area (Å²) in [6.45, 7) is 4.41. The third kappa shape index (κ3) is 4.02. The minimum atomic E-state index is -0.878. The van der Waals surface area contributed by atoms with Crippen molar-refractivity contribution >= 4 is 40.8 Å². The molecular formula is C29H30BN3O4. The van der Waals surface area contributed by atoms with E-state index in [2.05, 4.69) is 34.0 Å². The van der Waals surface area contributed by atoms with Crippen molar-refractivity contribution in [3.05, 3.63) is 76.3 Å². The van der Waals surface area contributed by atoms with Gasteiger partial charge in [0.15, 0.2) is 0 Å². The molecule has 0 radical (unpaired) electrons. The fourth-order valence-electron chi connectivity index (χ4n) is 5.42. The molecular weight excluding hydrogens is 465 g/mol. The van der Waals surface area contributed by atoms with Crippen LogP contribution in [0.5, 0.6) is 0 Å². The number of benzene rings is 3. The standard InChI is InChI=1S/C29H30BN3O4/c1-16-5-7-19(8-6-16)28-26(29(34)31-3)23-13-22(18-9-10-18)24(14-25(23)37-28)33(32-4)21-11-17(2)27-20(12-21)15-36-30(27)35/h5-8,11-14,18,32,35H,9-10,15H2,1-4H3,(H,31,34). The van der Waals surface area contributed by atoms with Gasteiger partial charge in [-0.3, -0.25) is 9.80 Å². The molecule has 0 unspecified atom stereocenters. The van der Waals surface area contributed by atoms with Crippen LogP contribution < -0.4 is 21.2 Å². The predicted octanol–water partition coefficient (Wildman–Crippen LogP) is 4.44. The van der Waals surface area contributed by atoms with Gasteiger partial charge in [0.25, 0.3) is 5.91 Å². The summed E-state index contributed by atoms with van der Waals surface area (Å²) in [5.74, 6) is 0.831. The van der Waals surface area contributed by atoms with Gasteiger partial charge >= 0.3 is 7.12 Å². The Morgan fingerprint density at radius 2 is 1.84 bits per heavy atom. The van der Waals surface area contributed by atoms with Gasteiger partial charge in [-0.05, 0) is 73.0 Å². The molecule has 0 spiro atoms. The molecule has 1 saturated carbocycles. The van der Waals surface area contributed by atoms with Crippen LogP contribution in [0.3, 0.4) is 0 Å². The van der Waals surface area contributed by atoms with Crippen LogP contribution in [0.15, 0.2) is 52.9 Å². The first-order valence-electron chi connectivity index (χ1n) is 12.7. The van der Waals surface area contributed by atoms with E-state index in [1.165, 1.54) is 5.56 Å². The van der Waals surface area contributed by atoms with E-state index >= 15 is 0 Å². The molecule has 1 aromatic heterocycles. The molecule has 8 heteroatoms. The summed E-state index contributed by atoms with van der Waals surface area (Å²) in [4.78, 5) is 13.1. The Bertz CT molecular complexity index is 1520. The molecule has 0 bridgehead atoms. The molecule has 1 aliphatic heterocycles. The SMILES string of the molecule is CNC(=O)c1c(-c2ccc(C)cc2)oc2cc(N(NC)c3cc(C)c4c(c3)COB4O)c(C3CC3)cc12. The minimum Gasteiger partial charge on any atom is -0.455 e. The van der Waals surface area contributed by atoms with Crippen molar-refractivity contribution in [2.24, 2.45) is 0 Å². The van der Waals surface area contributed by atoms with Crippen LogP contribution in [0.4, 0.5) is 11.4 Å². The van der Waals surface area contributed by atoms with Crippen LogP contribution in [0.2, 0.25) is 0 Å². The third-order valence-electron chi connectivity index (χ3n) is 7.45. The highest BCUT2D eigenvalue weighted by Gasteiger charge is 2.33. The highest BCUT2D eigenvalue weighted by atomic mass is 16.5. The van der Waals surface area contributed by atoms with Crippen molar-refractivity contribution in [3.8, 4) is 11.3 Å². The zero-order valence-corrected chi connectivity index (χ0v) is 21.5. The number of aryl methyl sites for hydroxylation is 2. The Hall–Kier alpha value is -3.59. The first-order chi connectivity index (χ1) is 17.9. The molecule has 1 amide bonds. The highest BCUT2D eigenvalue weighted by Crippen LogP contribution is 2.48. The van der Waals surface area contributed by atoms with E-state index in [0.29, 0.717) is 29.4 Å². The van der Waals surface area contributed by atoms with Crippen molar-refractivity contribution in [2.75, 3.05) is 19.1 Å². The summed E-state index contributed by atoms with van der Waals surface area (Å²) in [6, 6.07) is 16.3. The Kier molecular flexibility index (Phi) is 5.83. The number of nitrogens with zero attached hydrogens (tertiary/aromatic N) is 1. The van der Waals surface area contributed by atoms with Gasteiger partial charge in [0.05, 0.1) is 23.5 Å². The number of fused-ring (bicyclic) bond motifs is 2. The lowest BCUT2D eigenvalue weighted by molar-refractivity contribution is 0.0964. The highest BCUT2D eigenvalue weighted by molar-refractivity contribution is 6.62. The number of amides is 1. The number of carbonyl (C=O) groups is 1. The smallest absolute Gasteiger partial charge is 0.455 e. The molecule has 37 heavy (non-hydrogen) atoms. The molecule has 3 aromatic carbocycles. The van der Waals surface area contributed by atoms with Gasteiger partial charge < -0.3 is 19.4 Å². The van der Waals surface area contributed by atoms with Crippen LogP contribution in [0.25, 0.3) is 22.3 Å². The number of furan rings is 1.